The number of ether oxygens (including phenoxy) is 1. The summed E-state index contributed by atoms with van der Waals surface area (Å²) in [6.07, 6.45) is 1.80. The smallest absolute Gasteiger partial charge is 0.343 e. The monoisotopic (exact) mass is 339 g/mol. The third-order valence-electron chi connectivity index (χ3n) is 4.59. The van der Waals surface area contributed by atoms with E-state index in [1.165, 1.54) is 6.07 Å². The van der Waals surface area contributed by atoms with Crippen LogP contribution in [0.3, 0.4) is 0 Å². The van der Waals surface area contributed by atoms with E-state index in [4.69, 9.17) is 4.74 Å². The summed E-state index contributed by atoms with van der Waals surface area (Å²) >= 11 is 0. The molecule has 0 unspecified atom stereocenters. The van der Waals surface area contributed by atoms with Crippen molar-refractivity contribution < 1.29 is 14.3 Å². The van der Waals surface area contributed by atoms with E-state index < -0.39 is 11.5 Å². The van der Waals surface area contributed by atoms with Gasteiger partial charge in [0.2, 0.25) is 0 Å². The molecule has 5 nitrogen and oxygen atoms in total. The van der Waals surface area contributed by atoms with Gasteiger partial charge in [-0.25, -0.2) is 4.79 Å². The largest absolute Gasteiger partial charge is 0.461 e. The van der Waals surface area contributed by atoms with E-state index in [2.05, 4.69) is 4.98 Å². The van der Waals surface area contributed by atoms with Crippen LogP contribution in [-0.2, 0) is 16.6 Å². The highest BCUT2D eigenvalue weighted by atomic mass is 16.5. The van der Waals surface area contributed by atoms with Gasteiger partial charge in [0.15, 0.2) is 5.78 Å². The normalized spacial score (nSPS) is 14.1. The number of rotatable bonds is 4. The maximum atomic E-state index is 12.4. The Morgan fingerprint density at radius 3 is 2.60 bits per heavy atom. The van der Waals surface area contributed by atoms with Crippen molar-refractivity contribution in [3.05, 3.63) is 69.1 Å². The Kier molecular flexibility index (Phi) is 4.57. The second kappa shape index (κ2) is 6.67. The van der Waals surface area contributed by atoms with Crippen LogP contribution < -0.4 is 5.56 Å². The van der Waals surface area contributed by atoms with E-state index in [0.29, 0.717) is 24.1 Å². The number of aromatic amines is 1. The van der Waals surface area contributed by atoms with Crippen LogP contribution in [0.4, 0.5) is 0 Å². The number of hydrogen-bond acceptors (Lipinski definition) is 4. The molecule has 0 bridgehead atoms. The van der Waals surface area contributed by atoms with Crippen molar-refractivity contribution in [2.24, 2.45) is 0 Å². The molecule has 0 spiro atoms. The summed E-state index contributed by atoms with van der Waals surface area (Å²) in [5.74, 6) is -0.748. The number of aryl methyl sites for hydroxylation is 1. The average Bonchev–Trinajstić information content (AvgIpc) is 2.60. The lowest BCUT2D eigenvalue weighted by atomic mass is 9.86. The topological polar surface area (TPSA) is 76.2 Å². The van der Waals surface area contributed by atoms with E-state index in [1.54, 1.807) is 0 Å². The van der Waals surface area contributed by atoms with Gasteiger partial charge in [-0.3, -0.25) is 9.59 Å². The summed E-state index contributed by atoms with van der Waals surface area (Å²) in [6, 6.07) is 11.1. The molecule has 130 valence electrons. The summed E-state index contributed by atoms with van der Waals surface area (Å²) in [5.41, 5.74) is 1.09. The van der Waals surface area contributed by atoms with Crippen molar-refractivity contribution in [3.8, 4) is 0 Å². The minimum atomic E-state index is -0.702. The van der Waals surface area contributed by atoms with Crippen LogP contribution in [0.15, 0.2) is 41.2 Å². The lowest BCUT2D eigenvalue weighted by molar-refractivity contribution is 0.0425. The Labute approximate surface area is 146 Å². The number of hydrogen-bond donors (Lipinski definition) is 1. The fourth-order valence-corrected chi connectivity index (χ4v) is 3.02. The van der Waals surface area contributed by atoms with Gasteiger partial charge in [0.25, 0.3) is 5.56 Å². The highest BCUT2D eigenvalue weighted by Crippen LogP contribution is 2.24. The number of pyridine rings is 1. The Morgan fingerprint density at radius 1 is 1.16 bits per heavy atom. The molecule has 1 aromatic carbocycles. The van der Waals surface area contributed by atoms with E-state index in [-0.39, 0.29) is 23.4 Å². The standard InChI is InChI=1S/C20H21NO4/c1-20(2,13-7-4-3-5-8-13)12-25-19(24)15-11-14-16(21-18(15)23)9-6-10-17(14)22/h3-5,7-8,11H,6,9-10,12H2,1-2H3,(H,21,23). The van der Waals surface area contributed by atoms with Crippen LogP contribution in [-0.4, -0.2) is 23.3 Å². The van der Waals surface area contributed by atoms with Gasteiger partial charge in [0.1, 0.15) is 12.2 Å². The minimum Gasteiger partial charge on any atom is -0.461 e. The van der Waals surface area contributed by atoms with Crippen molar-refractivity contribution >= 4 is 11.8 Å². The zero-order valence-electron chi connectivity index (χ0n) is 14.4. The first-order chi connectivity index (χ1) is 11.9. The Bertz CT molecular complexity index is 865. The van der Waals surface area contributed by atoms with E-state index >= 15 is 0 Å². The summed E-state index contributed by atoms with van der Waals surface area (Å²) in [5, 5.41) is 0. The molecular weight excluding hydrogens is 318 g/mol. The van der Waals surface area contributed by atoms with Crippen LogP contribution in [0.2, 0.25) is 0 Å². The Balaban J connectivity index is 1.79. The molecule has 3 rings (SSSR count). The number of esters is 1. The van der Waals surface area contributed by atoms with Crippen molar-refractivity contribution in [1.82, 2.24) is 4.98 Å². The number of aromatic nitrogens is 1. The van der Waals surface area contributed by atoms with Crippen LogP contribution in [0.1, 0.15) is 58.7 Å². The summed E-state index contributed by atoms with van der Waals surface area (Å²) in [7, 11) is 0. The maximum Gasteiger partial charge on any atom is 0.343 e. The number of carbonyl (C=O) groups is 2. The zero-order valence-corrected chi connectivity index (χ0v) is 14.4. The lowest BCUT2D eigenvalue weighted by Gasteiger charge is -2.24. The number of ketones is 1. The molecule has 0 saturated carbocycles. The van der Waals surface area contributed by atoms with Crippen LogP contribution >= 0.6 is 0 Å². The molecule has 5 heteroatoms. The van der Waals surface area contributed by atoms with E-state index in [0.717, 1.165) is 12.0 Å². The zero-order chi connectivity index (χ0) is 18.0. The molecule has 1 N–H and O–H groups in total. The van der Waals surface area contributed by atoms with Crippen molar-refractivity contribution in [3.63, 3.8) is 0 Å². The van der Waals surface area contributed by atoms with Gasteiger partial charge in [0, 0.05) is 23.1 Å². The van der Waals surface area contributed by atoms with Crippen LogP contribution in [0.25, 0.3) is 0 Å². The molecule has 0 aliphatic heterocycles. The van der Waals surface area contributed by atoms with Gasteiger partial charge in [-0.05, 0) is 24.5 Å². The number of carbonyl (C=O) groups excluding carboxylic acids is 2. The first-order valence-electron chi connectivity index (χ1n) is 8.40. The van der Waals surface area contributed by atoms with Crippen molar-refractivity contribution in [2.75, 3.05) is 6.61 Å². The van der Waals surface area contributed by atoms with Gasteiger partial charge < -0.3 is 9.72 Å². The van der Waals surface area contributed by atoms with E-state index in [1.807, 2.05) is 44.2 Å². The third-order valence-corrected chi connectivity index (χ3v) is 4.59. The molecule has 0 fully saturated rings. The maximum absolute atomic E-state index is 12.4. The number of nitrogens with one attached hydrogen (secondary N) is 1. The summed E-state index contributed by atoms with van der Waals surface area (Å²) < 4.78 is 5.38. The first kappa shape index (κ1) is 17.1. The lowest BCUT2D eigenvalue weighted by Crippen LogP contribution is -2.29. The molecule has 1 aliphatic rings. The Morgan fingerprint density at radius 2 is 1.88 bits per heavy atom. The fraction of sp³-hybridized carbons (Fsp3) is 0.350. The van der Waals surface area contributed by atoms with Gasteiger partial charge in [-0.2, -0.15) is 0 Å². The predicted octanol–water partition coefficient (Wildman–Crippen LogP) is 3.03. The minimum absolute atomic E-state index is 0.0452. The van der Waals surface area contributed by atoms with Gasteiger partial charge in [0.05, 0.1) is 0 Å². The molecule has 0 atom stereocenters. The van der Waals surface area contributed by atoms with Crippen molar-refractivity contribution in [2.45, 2.75) is 38.5 Å². The fourth-order valence-electron chi connectivity index (χ4n) is 3.02. The molecule has 0 saturated heterocycles. The van der Waals surface area contributed by atoms with Crippen LogP contribution in [0.5, 0.6) is 0 Å². The third kappa shape index (κ3) is 3.55. The highest BCUT2D eigenvalue weighted by molar-refractivity contribution is 6.00. The Hall–Kier alpha value is -2.69. The van der Waals surface area contributed by atoms with Gasteiger partial charge in [-0.15, -0.1) is 0 Å². The van der Waals surface area contributed by atoms with Crippen molar-refractivity contribution in [1.29, 1.82) is 0 Å². The molecule has 0 amide bonds. The average molecular weight is 339 g/mol. The van der Waals surface area contributed by atoms with E-state index in [9.17, 15) is 14.4 Å². The van der Waals surface area contributed by atoms with Gasteiger partial charge in [-0.1, -0.05) is 44.2 Å². The SMILES string of the molecule is CC(C)(COC(=O)c1cc2c([nH]c1=O)CCCC2=O)c1ccccc1. The van der Waals surface area contributed by atoms with Gasteiger partial charge >= 0.3 is 5.97 Å². The number of benzene rings is 1. The summed E-state index contributed by atoms with van der Waals surface area (Å²) in [6.45, 7) is 4.08. The molecule has 25 heavy (non-hydrogen) atoms. The molecule has 1 heterocycles. The number of Topliss-reactive ketones (excluding diaryl/α,β-unsaturated/α-hetero) is 1. The molecule has 2 aromatic rings. The highest BCUT2D eigenvalue weighted by Gasteiger charge is 2.26. The number of fused-ring (bicyclic) bond motifs is 1. The first-order valence-corrected chi connectivity index (χ1v) is 8.40. The molecule has 1 aliphatic carbocycles. The molecular formula is C20H21NO4. The quantitative estimate of drug-likeness (QED) is 0.869. The second-order valence-electron chi connectivity index (χ2n) is 7.01. The summed E-state index contributed by atoms with van der Waals surface area (Å²) in [4.78, 5) is 39.2. The molecule has 0 radical (unpaired) electrons. The predicted molar refractivity (Wildman–Crippen MR) is 94.1 cm³/mol. The second-order valence-corrected chi connectivity index (χ2v) is 7.01. The number of H-pyrrole nitrogens is 1. The molecule has 1 aromatic heterocycles. The van der Waals surface area contributed by atoms with Crippen LogP contribution in [0, 0.1) is 0 Å².